The van der Waals surface area contributed by atoms with Crippen molar-refractivity contribution in [1.82, 2.24) is 0 Å². The van der Waals surface area contributed by atoms with Gasteiger partial charge in [0.2, 0.25) is 0 Å². The molecule has 0 aromatic heterocycles. The number of hydrogen-bond donors (Lipinski definition) is 0. The number of fused-ring (bicyclic) bond motifs is 1. The van der Waals surface area contributed by atoms with Crippen LogP contribution < -0.4 is 4.74 Å². The third-order valence-corrected chi connectivity index (χ3v) is 4.55. The lowest BCUT2D eigenvalue weighted by Crippen LogP contribution is -2.21. The monoisotopic (exact) mass is 400 g/mol. The molecule has 8 heteroatoms. The highest BCUT2D eigenvalue weighted by molar-refractivity contribution is 6.43. The van der Waals surface area contributed by atoms with Gasteiger partial charge in [-0.2, -0.15) is 0 Å². The summed E-state index contributed by atoms with van der Waals surface area (Å²) in [6.07, 6.45) is 1.59. The number of aryl methyl sites for hydroxylation is 1. The van der Waals surface area contributed by atoms with Crippen LogP contribution >= 0.6 is 0 Å². The second kappa shape index (κ2) is 9.18. The Kier molecular flexibility index (Phi) is 6.43. The summed E-state index contributed by atoms with van der Waals surface area (Å²) in [7, 11) is 4.05. The normalized spacial score (nSPS) is 14.5. The number of halogens is 1. The van der Waals surface area contributed by atoms with Gasteiger partial charge in [0, 0.05) is 11.1 Å². The van der Waals surface area contributed by atoms with Crippen molar-refractivity contribution in [1.29, 1.82) is 0 Å². The fourth-order valence-corrected chi connectivity index (χ4v) is 3.16. The first kappa shape index (κ1) is 20.3. The molecule has 0 saturated carbocycles. The van der Waals surface area contributed by atoms with Crippen LogP contribution in [0.2, 0.25) is 0 Å². The number of methoxy groups -OCH3 is 2. The summed E-state index contributed by atoms with van der Waals surface area (Å²) in [6, 6.07) is 10.2. The molecule has 2 aromatic carbocycles. The van der Waals surface area contributed by atoms with Crippen molar-refractivity contribution in [3.63, 3.8) is 0 Å². The number of hydrogen-bond acceptors (Lipinski definition) is 7. The molecule has 0 amide bonds. The predicted molar refractivity (Wildman–Crippen MR) is 105 cm³/mol. The van der Waals surface area contributed by atoms with Crippen LogP contribution in [0.5, 0.6) is 5.75 Å². The van der Waals surface area contributed by atoms with E-state index in [-0.39, 0.29) is 17.9 Å². The highest BCUT2D eigenvalue weighted by atomic mass is 19.1. The number of oxime groups is 2. The molecule has 0 N–H and O–H groups in total. The van der Waals surface area contributed by atoms with Crippen LogP contribution in [0.15, 0.2) is 46.7 Å². The van der Waals surface area contributed by atoms with Crippen LogP contribution in [0.25, 0.3) is 0 Å². The molecular weight excluding hydrogens is 379 g/mol. The molecule has 3 rings (SSSR count). The van der Waals surface area contributed by atoms with Gasteiger partial charge in [0.1, 0.15) is 25.3 Å². The minimum atomic E-state index is -0.818. The second-order valence-electron chi connectivity index (χ2n) is 6.22. The molecule has 0 atom stereocenters. The van der Waals surface area contributed by atoms with E-state index in [0.29, 0.717) is 5.56 Å². The average molecular weight is 400 g/mol. The van der Waals surface area contributed by atoms with Crippen LogP contribution in [0.3, 0.4) is 0 Å². The van der Waals surface area contributed by atoms with Gasteiger partial charge in [-0.25, -0.2) is 9.18 Å². The largest absolute Gasteiger partial charge is 0.497 e. The molecule has 0 saturated heterocycles. The molecule has 0 aliphatic heterocycles. The third kappa shape index (κ3) is 4.37. The molecule has 2 aromatic rings. The summed E-state index contributed by atoms with van der Waals surface area (Å²) in [5, 5.41) is 7.85. The summed E-state index contributed by atoms with van der Waals surface area (Å²) >= 11 is 0. The van der Waals surface area contributed by atoms with Gasteiger partial charge in [-0.1, -0.05) is 28.5 Å². The molecular formula is C21H21FN2O5. The van der Waals surface area contributed by atoms with E-state index in [9.17, 15) is 9.18 Å². The number of nitrogens with zero attached hydrogens (tertiary/aromatic N) is 2. The lowest BCUT2D eigenvalue weighted by molar-refractivity contribution is -0.132. The topological polar surface area (TPSA) is 78.7 Å². The van der Waals surface area contributed by atoms with Gasteiger partial charge in [0.15, 0.2) is 5.71 Å². The Balaban J connectivity index is 1.85. The van der Waals surface area contributed by atoms with Gasteiger partial charge < -0.3 is 19.1 Å². The van der Waals surface area contributed by atoms with E-state index >= 15 is 0 Å². The Bertz CT molecular complexity index is 972. The van der Waals surface area contributed by atoms with Gasteiger partial charge >= 0.3 is 5.97 Å². The van der Waals surface area contributed by atoms with E-state index in [1.54, 1.807) is 13.2 Å². The molecule has 0 unspecified atom stereocenters. The Hall–Kier alpha value is -3.42. The molecule has 1 aliphatic rings. The summed E-state index contributed by atoms with van der Waals surface area (Å²) < 4.78 is 24.4. The maximum atomic E-state index is 14.5. The molecule has 0 bridgehead atoms. The first-order valence-corrected chi connectivity index (χ1v) is 8.92. The number of esters is 1. The predicted octanol–water partition coefficient (Wildman–Crippen LogP) is 3.22. The van der Waals surface area contributed by atoms with E-state index in [0.717, 1.165) is 29.9 Å². The Morgan fingerprint density at radius 2 is 1.97 bits per heavy atom. The fourth-order valence-electron chi connectivity index (χ4n) is 3.16. The molecule has 7 nitrogen and oxygen atoms in total. The third-order valence-electron chi connectivity index (χ3n) is 4.55. The highest BCUT2D eigenvalue weighted by Crippen LogP contribution is 2.27. The zero-order chi connectivity index (χ0) is 20.8. The van der Waals surface area contributed by atoms with Crippen LogP contribution in [-0.4, -0.2) is 38.7 Å². The lowest BCUT2D eigenvalue weighted by Gasteiger charge is -2.11. The van der Waals surface area contributed by atoms with Crippen LogP contribution in [0, 0.1) is 5.82 Å². The SMILES string of the molecule is CON=C(C(=O)OC)c1c(F)cccc1CON=C1CCc2ccc(OC)cc21. The van der Waals surface area contributed by atoms with Crippen molar-refractivity contribution in [2.75, 3.05) is 21.3 Å². The molecule has 29 heavy (non-hydrogen) atoms. The Morgan fingerprint density at radius 3 is 2.69 bits per heavy atom. The zero-order valence-corrected chi connectivity index (χ0v) is 16.4. The van der Waals surface area contributed by atoms with Gasteiger partial charge in [0.05, 0.1) is 25.5 Å². The first-order chi connectivity index (χ1) is 14.1. The van der Waals surface area contributed by atoms with Crippen molar-refractivity contribution >= 4 is 17.4 Å². The van der Waals surface area contributed by atoms with Gasteiger partial charge in [-0.15, -0.1) is 0 Å². The van der Waals surface area contributed by atoms with Crippen molar-refractivity contribution in [3.05, 3.63) is 64.5 Å². The number of ether oxygens (including phenoxy) is 2. The molecule has 152 valence electrons. The van der Waals surface area contributed by atoms with Gasteiger partial charge in [-0.05, 0) is 36.6 Å². The maximum absolute atomic E-state index is 14.5. The van der Waals surface area contributed by atoms with E-state index < -0.39 is 11.8 Å². The van der Waals surface area contributed by atoms with Gasteiger partial charge in [-0.3, -0.25) is 0 Å². The summed E-state index contributed by atoms with van der Waals surface area (Å²) in [5.74, 6) is -0.721. The number of carbonyl (C=O) groups excluding carboxylic acids is 1. The summed E-state index contributed by atoms with van der Waals surface area (Å²) in [5.41, 5.74) is 2.99. The summed E-state index contributed by atoms with van der Waals surface area (Å²) in [6.45, 7) is -0.0599. The molecule has 0 fully saturated rings. The van der Waals surface area contributed by atoms with Crippen LogP contribution in [0.1, 0.15) is 28.7 Å². The smallest absolute Gasteiger partial charge is 0.360 e. The average Bonchev–Trinajstić information content (AvgIpc) is 3.14. The number of carbonyl (C=O) groups is 1. The standard InChI is InChI=1S/C21H21FN2O5/c1-26-15-9-7-13-8-10-18(16(13)11-15)23-29-12-14-5-4-6-17(22)19(14)20(24-28-3)21(25)27-2/h4-7,9,11H,8,10,12H2,1-3H3. The lowest BCUT2D eigenvalue weighted by atomic mass is 10.0. The molecule has 1 aliphatic carbocycles. The van der Waals surface area contributed by atoms with Crippen molar-refractivity contribution in [2.45, 2.75) is 19.4 Å². The quantitative estimate of drug-likeness (QED) is 0.405. The number of benzene rings is 2. The van der Waals surface area contributed by atoms with Gasteiger partial charge in [0.25, 0.3) is 0 Å². The Labute approximate surface area is 167 Å². The molecule has 0 radical (unpaired) electrons. The zero-order valence-electron chi connectivity index (χ0n) is 16.4. The maximum Gasteiger partial charge on any atom is 0.360 e. The molecule has 0 heterocycles. The second-order valence-corrected chi connectivity index (χ2v) is 6.22. The first-order valence-electron chi connectivity index (χ1n) is 8.92. The van der Waals surface area contributed by atoms with Crippen molar-refractivity contribution < 1.29 is 28.3 Å². The van der Waals surface area contributed by atoms with E-state index in [1.807, 2.05) is 18.2 Å². The number of rotatable bonds is 7. The van der Waals surface area contributed by atoms with Crippen molar-refractivity contribution in [2.24, 2.45) is 10.3 Å². The van der Waals surface area contributed by atoms with E-state index in [1.165, 1.54) is 31.9 Å². The Morgan fingerprint density at radius 1 is 1.14 bits per heavy atom. The molecule has 0 spiro atoms. The van der Waals surface area contributed by atoms with Crippen LogP contribution in [0.4, 0.5) is 4.39 Å². The summed E-state index contributed by atoms with van der Waals surface area (Å²) in [4.78, 5) is 22.2. The highest BCUT2D eigenvalue weighted by Gasteiger charge is 2.24. The minimum absolute atomic E-state index is 0.0464. The van der Waals surface area contributed by atoms with E-state index in [4.69, 9.17) is 9.57 Å². The minimum Gasteiger partial charge on any atom is -0.497 e. The van der Waals surface area contributed by atoms with Crippen molar-refractivity contribution in [3.8, 4) is 5.75 Å². The van der Waals surface area contributed by atoms with Crippen LogP contribution in [-0.2, 0) is 32.2 Å². The fraction of sp³-hybridized carbons (Fsp3) is 0.286. The van der Waals surface area contributed by atoms with E-state index in [2.05, 4.69) is 19.9 Å².